The minimum atomic E-state index is 0.931. The van der Waals surface area contributed by atoms with Crippen molar-refractivity contribution in [3.8, 4) is 0 Å². The van der Waals surface area contributed by atoms with E-state index in [9.17, 15) is 0 Å². The first-order valence-electron chi connectivity index (χ1n) is 2.86. The molecule has 0 radical (unpaired) electrons. The molecule has 1 aliphatic rings. The Balaban J connectivity index is 2.82. The summed E-state index contributed by atoms with van der Waals surface area (Å²) in [5.74, 6) is 0. The van der Waals surface area contributed by atoms with E-state index < -0.39 is 0 Å². The molecule has 2 nitrogen and oxygen atoms in total. The highest BCUT2D eigenvalue weighted by atomic mass is 15.4. The van der Waals surface area contributed by atoms with E-state index in [1.807, 2.05) is 26.1 Å². The Morgan fingerprint density at radius 1 is 1.56 bits per heavy atom. The van der Waals surface area contributed by atoms with Gasteiger partial charge in [-0.2, -0.15) is 5.10 Å². The first-order chi connectivity index (χ1) is 4.20. The average Bonchev–Trinajstić information content (AvgIpc) is 1.80. The van der Waals surface area contributed by atoms with Crippen LogP contribution in [0.1, 0.15) is 6.92 Å². The van der Waals surface area contributed by atoms with E-state index in [2.05, 4.69) is 11.7 Å². The Labute approximate surface area is 55.2 Å². The summed E-state index contributed by atoms with van der Waals surface area (Å²) in [5, 5.41) is 5.89. The molecule has 0 atom stereocenters. The van der Waals surface area contributed by atoms with Crippen molar-refractivity contribution >= 4 is 5.71 Å². The molecule has 0 N–H and O–H groups in total. The fourth-order valence-electron chi connectivity index (χ4n) is 0.659. The van der Waals surface area contributed by atoms with Crippen molar-refractivity contribution in [3.63, 3.8) is 0 Å². The predicted octanol–water partition coefficient (Wildman–Crippen LogP) is 1.38. The first kappa shape index (κ1) is 6.08. The van der Waals surface area contributed by atoms with Gasteiger partial charge in [-0.1, -0.05) is 6.58 Å². The molecule has 1 aliphatic heterocycles. The second-order valence-electron chi connectivity index (χ2n) is 2.09. The molecule has 0 aliphatic carbocycles. The van der Waals surface area contributed by atoms with E-state index in [1.54, 1.807) is 5.01 Å². The van der Waals surface area contributed by atoms with Crippen LogP contribution in [-0.2, 0) is 0 Å². The molecule has 1 rings (SSSR count). The number of likely N-dealkylation sites (N-methyl/N-ethyl adjacent to an activating group) is 1. The fraction of sp³-hybridized carbons (Fsp3) is 0.286. The smallest absolute Gasteiger partial charge is 0.0579 e. The van der Waals surface area contributed by atoms with Crippen molar-refractivity contribution in [1.82, 2.24) is 5.01 Å². The van der Waals surface area contributed by atoms with E-state index in [4.69, 9.17) is 0 Å². The minimum Gasteiger partial charge on any atom is -0.269 e. The molecule has 0 saturated carbocycles. The highest BCUT2D eigenvalue weighted by molar-refractivity contribution is 5.93. The standard InChI is InChI=1S/C7H10N2/c1-6-4-5-7(2)9(3)8-6/h4-5H,2H2,1,3H3. The van der Waals surface area contributed by atoms with Gasteiger partial charge < -0.3 is 0 Å². The summed E-state index contributed by atoms with van der Waals surface area (Å²) >= 11 is 0. The van der Waals surface area contributed by atoms with E-state index in [0.29, 0.717) is 0 Å². The molecule has 48 valence electrons. The van der Waals surface area contributed by atoms with Gasteiger partial charge in [-0.25, -0.2) is 0 Å². The van der Waals surface area contributed by atoms with Gasteiger partial charge in [0.1, 0.15) is 0 Å². The van der Waals surface area contributed by atoms with Crippen LogP contribution in [-0.4, -0.2) is 17.8 Å². The van der Waals surface area contributed by atoms with Crippen LogP contribution in [0.25, 0.3) is 0 Å². The minimum absolute atomic E-state index is 0.931. The van der Waals surface area contributed by atoms with Crippen LogP contribution in [0.2, 0.25) is 0 Å². The largest absolute Gasteiger partial charge is 0.269 e. The molecule has 0 amide bonds. The molecule has 2 heteroatoms. The summed E-state index contributed by atoms with van der Waals surface area (Å²) < 4.78 is 0. The number of hydrazone groups is 1. The zero-order valence-electron chi connectivity index (χ0n) is 5.76. The number of allylic oxidation sites excluding steroid dienone is 2. The monoisotopic (exact) mass is 122 g/mol. The summed E-state index contributed by atoms with van der Waals surface area (Å²) in [7, 11) is 1.88. The van der Waals surface area contributed by atoms with Gasteiger partial charge in [0, 0.05) is 7.05 Å². The highest BCUT2D eigenvalue weighted by Crippen LogP contribution is 2.06. The van der Waals surface area contributed by atoms with Gasteiger partial charge in [-0.3, -0.25) is 5.01 Å². The third-order valence-electron chi connectivity index (χ3n) is 1.24. The Bertz CT molecular complexity index is 189. The van der Waals surface area contributed by atoms with Crippen molar-refractivity contribution in [2.75, 3.05) is 7.05 Å². The molecule has 0 bridgehead atoms. The van der Waals surface area contributed by atoms with E-state index >= 15 is 0 Å². The van der Waals surface area contributed by atoms with Gasteiger partial charge in [-0.15, -0.1) is 0 Å². The summed E-state index contributed by atoms with van der Waals surface area (Å²) in [6.45, 7) is 5.72. The van der Waals surface area contributed by atoms with Gasteiger partial charge in [0.2, 0.25) is 0 Å². The summed E-state index contributed by atoms with van der Waals surface area (Å²) in [5.41, 5.74) is 1.95. The van der Waals surface area contributed by atoms with E-state index in [0.717, 1.165) is 11.4 Å². The normalized spacial score (nSPS) is 18.2. The first-order valence-corrected chi connectivity index (χ1v) is 2.86. The van der Waals surface area contributed by atoms with Crippen molar-refractivity contribution in [2.45, 2.75) is 6.92 Å². The lowest BCUT2D eigenvalue weighted by Crippen LogP contribution is -2.13. The van der Waals surface area contributed by atoms with Crippen molar-refractivity contribution < 1.29 is 0 Å². The summed E-state index contributed by atoms with van der Waals surface area (Å²) in [6, 6.07) is 0. The number of hydrogen-bond acceptors (Lipinski definition) is 2. The fourth-order valence-corrected chi connectivity index (χ4v) is 0.659. The van der Waals surface area contributed by atoms with E-state index in [-0.39, 0.29) is 0 Å². The highest BCUT2D eigenvalue weighted by Gasteiger charge is 2.00. The Morgan fingerprint density at radius 2 is 2.22 bits per heavy atom. The van der Waals surface area contributed by atoms with Crippen LogP contribution >= 0.6 is 0 Å². The Kier molecular flexibility index (Phi) is 1.39. The molecule has 9 heavy (non-hydrogen) atoms. The van der Waals surface area contributed by atoms with Gasteiger partial charge in [0.25, 0.3) is 0 Å². The topological polar surface area (TPSA) is 15.6 Å². The maximum absolute atomic E-state index is 4.13. The Morgan fingerprint density at radius 3 is 2.67 bits per heavy atom. The van der Waals surface area contributed by atoms with Crippen molar-refractivity contribution in [2.24, 2.45) is 5.10 Å². The molecule has 0 unspecified atom stereocenters. The third kappa shape index (κ3) is 1.19. The number of rotatable bonds is 0. The van der Waals surface area contributed by atoms with Gasteiger partial charge in [0.15, 0.2) is 0 Å². The van der Waals surface area contributed by atoms with Gasteiger partial charge >= 0.3 is 0 Å². The van der Waals surface area contributed by atoms with Gasteiger partial charge in [0.05, 0.1) is 11.4 Å². The molecule has 0 spiro atoms. The number of hydrogen-bond donors (Lipinski definition) is 0. The molecule has 0 aromatic rings. The summed E-state index contributed by atoms with van der Waals surface area (Å²) in [6.07, 6.45) is 3.89. The maximum atomic E-state index is 4.13. The molecule has 1 heterocycles. The number of nitrogens with zero attached hydrogens (tertiary/aromatic N) is 2. The van der Waals surface area contributed by atoms with Crippen LogP contribution in [0.3, 0.4) is 0 Å². The van der Waals surface area contributed by atoms with Crippen molar-refractivity contribution in [3.05, 3.63) is 24.4 Å². The molecular formula is C7H10N2. The molecule has 0 aromatic carbocycles. The lowest BCUT2D eigenvalue weighted by Gasteiger charge is -2.16. The quantitative estimate of drug-likeness (QED) is 0.474. The predicted molar refractivity (Wildman–Crippen MR) is 39.2 cm³/mol. The SMILES string of the molecule is C=C1C=CC(C)=NN1C. The average molecular weight is 122 g/mol. The van der Waals surface area contributed by atoms with Crippen LogP contribution in [0.15, 0.2) is 29.5 Å². The Hall–Kier alpha value is -1.05. The van der Waals surface area contributed by atoms with Crippen LogP contribution < -0.4 is 0 Å². The molecule has 0 saturated heterocycles. The van der Waals surface area contributed by atoms with Gasteiger partial charge in [-0.05, 0) is 19.1 Å². The summed E-state index contributed by atoms with van der Waals surface area (Å²) in [4.78, 5) is 0. The second-order valence-corrected chi connectivity index (χ2v) is 2.09. The molecule has 0 fully saturated rings. The van der Waals surface area contributed by atoms with Crippen LogP contribution in [0.4, 0.5) is 0 Å². The zero-order chi connectivity index (χ0) is 6.85. The van der Waals surface area contributed by atoms with Crippen LogP contribution in [0, 0.1) is 0 Å². The molecule has 0 aromatic heterocycles. The lowest BCUT2D eigenvalue weighted by molar-refractivity contribution is 0.459. The maximum Gasteiger partial charge on any atom is 0.0579 e. The van der Waals surface area contributed by atoms with E-state index in [1.165, 1.54) is 0 Å². The van der Waals surface area contributed by atoms with Crippen molar-refractivity contribution in [1.29, 1.82) is 0 Å². The third-order valence-corrected chi connectivity index (χ3v) is 1.24. The lowest BCUT2D eigenvalue weighted by atomic mass is 10.3. The molecular weight excluding hydrogens is 112 g/mol. The van der Waals surface area contributed by atoms with Crippen LogP contribution in [0.5, 0.6) is 0 Å². The zero-order valence-corrected chi connectivity index (χ0v) is 5.76. The second kappa shape index (κ2) is 2.05.